The molecule has 132 valence electrons. The molecule has 0 radical (unpaired) electrons. The number of para-hydroxylation sites is 1. The van der Waals surface area contributed by atoms with Crippen LogP contribution in [-0.4, -0.2) is 9.55 Å². The van der Waals surface area contributed by atoms with Crippen molar-refractivity contribution in [2.75, 3.05) is 0 Å². The Morgan fingerprint density at radius 2 is 1.74 bits per heavy atom. The van der Waals surface area contributed by atoms with Gasteiger partial charge in [0.25, 0.3) is 5.56 Å². The highest BCUT2D eigenvalue weighted by atomic mass is 79.9. The third kappa shape index (κ3) is 3.59. The summed E-state index contributed by atoms with van der Waals surface area (Å²) >= 11 is 3.45. The van der Waals surface area contributed by atoms with Gasteiger partial charge in [0.1, 0.15) is 11.6 Å². The van der Waals surface area contributed by atoms with Gasteiger partial charge in [-0.3, -0.25) is 9.36 Å². The molecule has 0 aliphatic heterocycles. The van der Waals surface area contributed by atoms with E-state index in [1.165, 1.54) is 16.7 Å². The zero-order chi connectivity index (χ0) is 18.8. The standard InChI is InChI=1S/C22H14BrFN2O/c23-16-6-3-5-15(13-16)11-12-21-25-20-10-2-1-9-19(20)22(27)26(21)18-8-4-7-17(24)14-18/h1-14H/b12-11-. The Hall–Kier alpha value is -3.05. The predicted octanol–water partition coefficient (Wildman–Crippen LogP) is 5.46. The highest BCUT2D eigenvalue weighted by Gasteiger charge is 2.11. The molecule has 0 aliphatic carbocycles. The van der Waals surface area contributed by atoms with Crippen LogP contribution in [0.2, 0.25) is 0 Å². The molecular formula is C22H14BrFN2O. The maximum atomic E-state index is 13.8. The molecule has 0 saturated heterocycles. The molecule has 3 nitrogen and oxygen atoms in total. The lowest BCUT2D eigenvalue weighted by molar-refractivity contribution is 0.626. The Morgan fingerprint density at radius 1 is 0.926 bits per heavy atom. The quantitative estimate of drug-likeness (QED) is 0.441. The number of nitrogens with zero attached hydrogens (tertiary/aromatic N) is 2. The summed E-state index contributed by atoms with van der Waals surface area (Å²) in [6, 6.07) is 20.9. The van der Waals surface area contributed by atoms with E-state index < -0.39 is 5.82 Å². The SMILES string of the molecule is O=c1c2ccccc2nc(/C=C\c2cccc(Br)c2)n1-c1cccc(F)c1. The van der Waals surface area contributed by atoms with Crippen molar-refractivity contribution in [1.29, 1.82) is 0 Å². The monoisotopic (exact) mass is 420 g/mol. The average Bonchev–Trinajstić information content (AvgIpc) is 2.66. The highest BCUT2D eigenvalue weighted by Crippen LogP contribution is 2.17. The van der Waals surface area contributed by atoms with Crippen molar-refractivity contribution in [1.82, 2.24) is 9.55 Å². The van der Waals surface area contributed by atoms with Gasteiger partial charge in [0.2, 0.25) is 0 Å². The van der Waals surface area contributed by atoms with Gasteiger partial charge in [0.15, 0.2) is 0 Å². The summed E-state index contributed by atoms with van der Waals surface area (Å²) in [6.07, 6.45) is 3.64. The fourth-order valence-corrected chi connectivity index (χ4v) is 3.32. The molecule has 4 rings (SSSR count). The molecule has 0 aliphatic rings. The Morgan fingerprint density at radius 3 is 2.56 bits per heavy atom. The minimum atomic E-state index is -0.408. The Kier molecular flexibility index (Phi) is 4.69. The molecule has 0 bridgehead atoms. The van der Waals surface area contributed by atoms with E-state index in [1.807, 2.05) is 36.4 Å². The number of hydrogen-bond acceptors (Lipinski definition) is 2. The van der Waals surface area contributed by atoms with E-state index in [0.717, 1.165) is 10.0 Å². The van der Waals surface area contributed by atoms with Crippen molar-refractivity contribution in [2.45, 2.75) is 0 Å². The lowest BCUT2D eigenvalue weighted by Crippen LogP contribution is -2.22. The van der Waals surface area contributed by atoms with Gasteiger partial charge >= 0.3 is 0 Å². The summed E-state index contributed by atoms with van der Waals surface area (Å²) in [7, 11) is 0. The maximum absolute atomic E-state index is 13.8. The highest BCUT2D eigenvalue weighted by molar-refractivity contribution is 9.10. The van der Waals surface area contributed by atoms with Crippen LogP contribution in [0.5, 0.6) is 0 Å². The number of aromatic nitrogens is 2. The van der Waals surface area contributed by atoms with Crippen molar-refractivity contribution < 1.29 is 4.39 Å². The summed E-state index contributed by atoms with van der Waals surface area (Å²) in [4.78, 5) is 17.7. The van der Waals surface area contributed by atoms with Crippen molar-refractivity contribution in [2.24, 2.45) is 0 Å². The number of hydrogen-bond donors (Lipinski definition) is 0. The average molecular weight is 421 g/mol. The van der Waals surface area contributed by atoms with Crippen LogP contribution in [-0.2, 0) is 0 Å². The Labute approximate surface area is 163 Å². The third-order valence-electron chi connectivity index (χ3n) is 4.14. The first-order chi connectivity index (χ1) is 13.1. The number of rotatable bonds is 3. The molecule has 0 unspecified atom stereocenters. The Balaban J connectivity index is 1.95. The number of fused-ring (bicyclic) bond motifs is 1. The molecule has 0 amide bonds. The molecule has 0 saturated carbocycles. The summed E-state index contributed by atoms with van der Waals surface area (Å²) in [5.74, 6) is 0.0266. The van der Waals surface area contributed by atoms with E-state index in [1.54, 1.807) is 36.4 Å². The van der Waals surface area contributed by atoms with E-state index in [4.69, 9.17) is 0 Å². The molecule has 1 aromatic heterocycles. The summed E-state index contributed by atoms with van der Waals surface area (Å²) < 4.78 is 16.2. The largest absolute Gasteiger partial charge is 0.268 e. The normalized spacial score (nSPS) is 11.3. The zero-order valence-electron chi connectivity index (χ0n) is 14.1. The van der Waals surface area contributed by atoms with Crippen LogP contribution in [0.25, 0.3) is 28.7 Å². The smallest absolute Gasteiger partial charge is 0.266 e. The number of halogens is 2. The van der Waals surface area contributed by atoms with Gasteiger partial charge in [-0.25, -0.2) is 9.37 Å². The molecule has 4 aromatic rings. The summed E-state index contributed by atoms with van der Waals surface area (Å²) in [5.41, 5.74) is 1.76. The van der Waals surface area contributed by atoms with Crippen molar-refractivity contribution in [3.05, 3.63) is 105 Å². The van der Waals surface area contributed by atoms with Crippen LogP contribution in [0.4, 0.5) is 4.39 Å². The van der Waals surface area contributed by atoms with Crippen LogP contribution in [0.3, 0.4) is 0 Å². The lowest BCUT2D eigenvalue weighted by atomic mass is 10.2. The molecule has 3 aromatic carbocycles. The van der Waals surface area contributed by atoms with Crippen LogP contribution in [0.15, 0.2) is 82.1 Å². The van der Waals surface area contributed by atoms with Gasteiger partial charge in [-0.15, -0.1) is 0 Å². The van der Waals surface area contributed by atoms with Gasteiger partial charge in [0, 0.05) is 4.47 Å². The second-order valence-corrected chi connectivity index (χ2v) is 6.91. The first kappa shape index (κ1) is 17.4. The van der Waals surface area contributed by atoms with Gasteiger partial charge in [-0.05, 0) is 54.1 Å². The topological polar surface area (TPSA) is 34.9 Å². The van der Waals surface area contributed by atoms with Crippen molar-refractivity contribution in [3.8, 4) is 5.69 Å². The van der Waals surface area contributed by atoms with Gasteiger partial charge in [-0.1, -0.05) is 52.3 Å². The molecule has 0 spiro atoms. The van der Waals surface area contributed by atoms with Crippen molar-refractivity contribution in [3.63, 3.8) is 0 Å². The molecular weight excluding hydrogens is 407 g/mol. The van der Waals surface area contributed by atoms with E-state index in [9.17, 15) is 9.18 Å². The molecule has 0 N–H and O–H groups in total. The first-order valence-corrected chi connectivity index (χ1v) is 9.12. The third-order valence-corrected chi connectivity index (χ3v) is 4.63. The second-order valence-electron chi connectivity index (χ2n) is 6.00. The summed E-state index contributed by atoms with van der Waals surface area (Å²) in [6.45, 7) is 0. The summed E-state index contributed by atoms with van der Waals surface area (Å²) in [5, 5.41) is 0.487. The minimum Gasteiger partial charge on any atom is -0.268 e. The van der Waals surface area contributed by atoms with Crippen LogP contribution >= 0.6 is 15.9 Å². The minimum absolute atomic E-state index is 0.236. The van der Waals surface area contributed by atoms with Crippen LogP contribution < -0.4 is 5.56 Å². The zero-order valence-corrected chi connectivity index (χ0v) is 15.7. The lowest BCUT2D eigenvalue weighted by Gasteiger charge is -2.11. The Bertz CT molecular complexity index is 1230. The molecule has 5 heteroatoms. The van der Waals surface area contributed by atoms with E-state index in [2.05, 4.69) is 20.9 Å². The molecule has 0 fully saturated rings. The van der Waals surface area contributed by atoms with E-state index >= 15 is 0 Å². The van der Waals surface area contributed by atoms with Crippen LogP contribution in [0.1, 0.15) is 11.4 Å². The fourth-order valence-electron chi connectivity index (χ4n) is 2.91. The van der Waals surface area contributed by atoms with E-state index in [0.29, 0.717) is 22.4 Å². The second kappa shape index (κ2) is 7.29. The molecule has 0 atom stereocenters. The van der Waals surface area contributed by atoms with E-state index in [-0.39, 0.29) is 5.56 Å². The number of benzene rings is 3. The maximum Gasteiger partial charge on any atom is 0.266 e. The predicted molar refractivity (Wildman–Crippen MR) is 110 cm³/mol. The van der Waals surface area contributed by atoms with Gasteiger partial charge in [0.05, 0.1) is 16.6 Å². The fraction of sp³-hybridized carbons (Fsp3) is 0. The first-order valence-electron chi connectivity index (χ1n) is 8.33. The van der Waals surface area contributed by atoms with Gasteiger partial charge < -0.3 is 0 Å². The van der Waals surface area contributed by atoms with Gasteiger partial charge in [-0.2, -0.15) is 0 Å². The molecule has 1 heterocycles. The molecule has 27 heavy (non-hydrogen) atoms. The van der Waals surface area contributed by atoms with Crippen LogP contribution in [0, 0.1) is 5.82 Å². The van der Waals surface area contributed by atoms with Crippen molar-refractivity contribution >= 4 is 39.0 Å².